The zero-order valence-corrected chi connectivity index (χ0v) is 19.7. The van der Waals surface area contributed by atoms with Crippen LogP contribution >= 0.6 is 39.9 Å². The Morgan fingerprint density at radius 1 is 1.22 bits per heavy atom. The quantitative estimate of drug-likeness (QED) is 0.229. The molecule has 5 nitrogen and oxygen atoms in total. The Morgan fingerprint density at radius 3 is 2.66 bits per heavy atom. The number of rotatable bonds is 8. The highest BCUT2D eigenvalue weighted by molar-refractivity contribution is 9.10. The first-order valence-corrected chi connectivity index (χ1v) is 11.5. The molecule has 1 aliphatic rings. The molecule has 2 heterocycles. The molecule has 1 fully saturated rings. The summed E-state index contributed by atoms with van der Waals surface area (Å²) in [5.74, 6) is -0.902. The Balaban J connectivity index is 1.73. The molecule has 1 amide bonds. The van der Waals surface area contributed by atoms with E-state index in [0.717, 1.165) is 17.8 Å². The second-order valence-electron chi connectivity index (χ2n) is 6.93. The molecule has 1 aromatic heterocycles. The third kappa shape index (κ3) is 6.02. The number of carbonyl (C=O) groups excluding carboxylic acids is 1. The number of carbonyl (C=O) groups is 2. The van der Waals surface area contributed by atoms with Crippen LogP contribution in [0.15, 0.2) is 44.1 Å². The minimum atomic E-state index is -4.56. The highest BCUT2D eigenvalue weighted by atomic mass is 79.9. The zero-order chi connectivity index (χ0) is 23.5. The third-order valence-corrected chi connectivity index (χ3v) is 6.47. The Labute approximate surface area is 199 Å². The van der Waals surface area contributed by atoms with Crippen LogP contribution in [0.2, 0.25) is 0 Å². The number of aliphatic carboxylic acids is 1. The zero-order valence-electron chi connectivity index (χ0n) is 16.4. The van der Waals surface area contributed by atoms with Gasteiger partial charge in [0.2, 0.25) is 0 Å². The lowest BCUT2D eigenvalue weighted by molar-refractivity contribution is -0.138. The van der Waals surface area contributed by atoms with E-state index in [1.807, 2.05) is 0 Å². The lowest BCUT2D eigenvalue weighted by Gasteiger charge is -2.13. The number of hydrogen-bond acceptors (Lipinski definition) is 5. The largest absolute Gasteiger partial charge is 0.481 e. The molecule has 1 aliphatic heterocycles. The molecule has 0 bridgehead atoms. The van der Waals surface area contributed by atoms with Crippen LogP contribution in [0.3, 0.4) is 0 Å². The number of carboxylic acids is 1. The summed E-state index contributed by atoms with van der Waals surface area (Å²) in [5.41, 5.74) is -0.934. The number of benzene rings is 1. The smallest absolute Gasteiger partial charge is 0.417 e. The van der Waals surface area contributed by atoms with Crippen LogP contribution < -0.4 is 0 Å². The van der Waals surface area contributed by atoms with Gasteiger partial charge in [0, 0.05) is 29.1 Å². The van der Waals surface area contributed by atoms with Crippen molar-refractivity contribution in [1.29, 1.82) is 0 Å². The summed E-state index contributed by atoms with van der Waals surface area (Å²) in [6.07, 6.45) is -1.24. The van der Waals surface area contributed by atoms with E-state index in [4.69, 9.17) is 21.7 Å². The van der Waals surface area contributed by atoms with E-state index < -0.39 is 17.7 Å². The Morgan fingerprint density at radius 2 is 1.97 bits per heavy atom. The molecule has 3 rings (SSSR count). The van der Waals surface area contributed by atoms with Crippen molar-refractivity contribution in [1.82, 2.24) is 4.90 Å². The van der Waals surface area contributed by atoms with Crippen molar-refractivity contribution in [3.05, 3.63) is 51.0 Å². The van der Waals surface area contributed by atoms with Crippen molar-refractivity contribution in [3.63, 3.8) is 0 Å². The fourth-order valence-corrected chi connectivity index (χ4v) is 4.74. The molecule has 1 N–H and O–H groups in total. The molecule has 32 heavy (non-hydrogen) atoms. The molecule has 11 heteroatoms. The highest BCUT2D eigenvalue weighted by Crippen LogP contribution is 2.40. The maximum absolute atomic E-state index is 13.4. The summed E-state index contributed by atoms with van der Waals surface area (Å²) in [6, 6.07) is 6.72. The number of furan rings is 1. The van der Waals surface area contributed by atoms with Gasteiger partial charge in [-0.3, -0.25) is 14.5 Å². The molecular formula is C21H17BrF3NO4S2. The van der Waals surface area contributed by atoms with Crippen molar-refractivity contribution in [2.75, 3.05) is 6.54 Å². The van der Waals surface area contributed by atoms with Crippen molar-refractivity contribution in [2.45, 2.75) is 31.9 Å². The molecule has 0 atom stereocenters. The summed E-state index contributed by atoms with van der Waals surface area (Å²) >= 11 is 9.40. The van der Waals surface area contributed by atoms with Crippen molar-refractivity contribution in [3.8, 4) is 11.3 Å². The number of amides is 1. The predicted molar refractivity (Wildman–Crippen MR) is 123 cm³/mol. The minimum absolute atomic E-state index is 0.0324. The molecular weight excluding hydrogens is 531 g/mol. The fraction of sp³-hybridized carbons (Fsp3) is 0.286. The third-order valence-electron chi connectivity index (χ3n) is 4.60. The molecule has 170 valence electrons. The standard InChI is InChI=1S/C21H17BrF3NO4S2/c22-12-5-7-14(15(10-12)21(23,24)25)16-8-6-13(30-16)11-17-19(29)26(20(31)32-17)9-3-1-2-4-18(27)28/h5-8,10-11H,1-4,9H2,(H,27,28)/b17-11-. The van der Waals surface area contributed by atoms with Gasteiger partial charge < -0.3 is 9.52 Å². The van der Waals surface area contributed by atoms with Gasteiger partial charge in [0.1, 0.15) is 15.8 Å². The monoisotopic (exact) mass is 547 g/mol. The van der Waals surface area contributed by atoms with E-state index in [-0.39, 0.29) is 29.4 Å². The van der Waals surface area contributed by atoms with Gasteiger partial charge in [-0.05, 0) is 43.2 Å². The van der Waals surface area contributed by atoms with E-state index >= 15 is 0 Å². The summed E-state index contributed by atoms with van der Waals surface area (Å²) in [5, 5.41) is 8.66. The second-order valence-corrected chi connectivity index (χ2v) is 9.52. The molecule has 1 saturated heterocycles. The molecule has 0 unspecified atom stereocenters. The number of thioether (sulfide) groups is 1. The van der Waals surface area contributed by atoms with Crippen LogP contribution in [0.1, 0.15) is 37.0 Å². The van der Waals surface area contributed by atoms with Crippen LogP contribution in [0, 0.1) is 0 Å². The van der Waals surface area contributed by atoms with Crippen LogP contribution in [-0.2, 0) is 15.8 Å². The number of thiocarbonyl (C=S) groups is 1. The van der Waals surface area contributed by atoms with E-state index in [1.165, 1.54) is 35.2 Å². The lowest BCUT2D eigenvalue weighted by Crippen LogP contribution is -2.29. The summed E-state index contributed by atoms with van der Waals surface area (Å²) < 4.78 is 46.5. The Hall–Kier alpha value is -2.11. The number of carboxylic acid groups (broad SMARTS) is 1. The second kappa shape index (κ2) is 10.2. The first-order chi connectivity index (χ1) is 15.1. The fourth-order valence-electron chi connectivity index (χ4n) is 3.09. The number of hydrogen-bond donors (Lipinski definition) is 1. The molecule has 0 spiro atoms. The molecule has 0 saturated carbocycles. The van der Waals surface area contributed by atoms with Crippen LogP contribution in [0.4, 0.5) is 13.2 Å². The lowest BCUT2D eigenvalue weighted by atomic mass is 10.1. The summed E-state index contributed by atoms with van der Waals surface area (Å²) in [7, 11) is 0. The van der Waals surface area contributed by atoms with Crippen LogP contribution in [0.25, 0.3) is 17.4 Å². The molecule has 0 radical (unpaired) electrons. The van der Waals surface area contributed by atoms with Gasteiger partial charge >= 0.3 is 12.1 Å². The van der Waals surface area contributed by atoms with Gasteiger partial charge in [-0.2, -0.15) is 13.2 Å². The summed E-state index contributed by atoms with van der Waals surface area (Å²) in [4.78, 5) is 25.0. The van der Waals surface area contributed by atoms with Gasteiger partial charge in [0.25, 0.3) is 5.91 Å². The average Bonchev–Trinajstić information content (AvgIpc) is 3.26. The predicted octanol–water partition coefficient (Wildman–Crippen LogP) is 6.57. The van der Waals surface area contributed by atoms with E-state index in [2.05, 4.69) is 15.9 Å². The number of nitrogens with zero attached hydrogens (tertiary/aromatic N) is 1. The molecule has 2 aromatic rings. The number of unbranched alkanes of at least 4 members (excludes halogenated alkanes) is 2. The SMILES string of the molecule is O=C(O)CCCCCN1C(=O)/C(=C/c2ccc(-c3ccc(Br)cc3C(F)(F)F)o2)SC1=S. The topological polar surface area (TPSA) is 70.8 Å². The first kappa shape index (κ1) is 24.5. The maximum atomic E-state index is 13.4. The van der Waals surface area contributed by atoms with Crippen molar-refractivity contribution < 1.29 is 32.3 Å². The van der Waals surface area contributed by atoms with Gasteiger partial charge in [0.05, 0.1) is 10.5 Å². The summed E-state index contributed by atoms with van der Waals surface area (Å²) in [6.45, 7) is 0.374. The van der Waals surface area contributed by atoms with Crippen LogP contribution in [0.5, 0.6) is 0 Å². The van der Waals surface area contributed by atoms with Gasteiger partial charge in [0.15, 0.2) is 0 Å². The normalized spacial score (nSPS) is 15.8. The van der Waals surface area contributed by atoms with E-state index in [1.54, 1.807) is 0 Å². The maximum Gasteiger partial charge on any atom is 0.417 e. The van der Waals surface area contributed by atoms with Crippen LogP contribution in [-0.4, -0.2) is 32.7 Å². The van der Waals surface area contributed by atoms with Gasteiger partial charge in [-0.15, -0.1) is 0 Å². The van der Waals surface area contributed by atoms with E-state index in [0.29, 0.717) is 39.5 Å². The Kier molecular flexibility index (Phi) is 7.84. The molecule has 1 aromatic carbocycles. The first-order valence-electron chi connectivity index (χ1n) is 9.50. The molecule has 0 aliphatic carbocycles. The number of halogens is 4. The number of alkyl halides is 3. The van der Waals surface area contributed by atoms with Crippen molar-refractivity contribution >= 4 is 62.2 Å². The minimum Gasteiger partial charge on any atom is -0.481 e. The van der Waals surface area contributed by atoms with Crippen molar-refractivity contribution in [2.24, 2.45) is 0 Å². The van der Waals surface area contributed by atoms with E-state index in [9.17, 15) is 22.8 Å². The highest BCUT2D eigenvalue weighted by Gasteiger charge is 2.35. The average molecular weight is 548 g/mol. The van der Waals surface area contributed by atoms with Gasteiger partial charge in [-0.25, -0.2) is 0 Å². The Bertz CT molecular complexity index is 1080. The van der Waals surface area contributed by atoms with Gasteiger partial charge in [-0.1, -0.05) is 46.3 Å².